The number of aromatic amines is 2. The number of nitrogens with one attached hydrogen (secondary N) is 2. The van der Waals surface area contributed by atoms with Crippen molar-refractivity contribution >= 4 is 5.97 Å². The number of carboxylic acid groups (broad SMARTS) is 1. The standard InChI is InChI=1S/C33H47N7O2/c1-2-29-33(12-18-39(19-13-33)27-6-4-3-5-7-27)20-28(32(41)42)40(29)22-26-10-8-25(9-11-26)21-38(23-30-34-14-15-35-30)24-31-36-16-17-37-31/h8-11,14-17,27-29H,2-7,12-13,18-24H2,1H3,(H,34,35)(H,36,37)(H,41,42)/t28-,29?/m1/s1. The van der Waals surface area contributed by atoms with E-state index in [1.807, 2.05) is 12.4 Å². The average molecular weight is 574 g/mol. The Morgan fingerprint density at radius 1 is 0.952 bits per heavy atom. The molecule has 3 N–H and O–H groups in total. The van der Waals surface area contributed by atoms with Gasteiger partial charge in [-0.1, -0.05) is 50.5 Å². The first-order valence-corrected chi connectivity index (χ1v) is 16.0. The molecule has 4 heterocycles. The zero-order valence-electron chi connectivity index (χ0n) is 25.0. The van der Waals surface area contributed by atoms with Crippen LogP contribution in [0.25, 0.3) is 0 Å². The van der Waals surface area contributed by atoms with Crippen LogP contribution >= 0.6 is 0 Å². The maximum atomic E-state index is 12.6. The van der Waals surface area contributed by atoms with Gasteiger partial charge in [0.2, 0.25) is 0 Å². The van der Waals surface area contributed by atoms with Crippen LogP contribution in [0.3, 0.4) is 0 Å². The summed E-state index contributed by atoms with van der Waals surface area (Å²) in [5.74, 6) is 1.19. The summed E-state index contributed by atoms with van der Waals surface area (Å²) in [6, 6.07) is 9.41. The highest BCUT2D eigenvalue weighted by molar-refractivity contribution is 5.74. The maximum Gasteiger partial charge on any atom is 0.320 e. The molecule has 0 amide bonds. The quantitative estimate of drug-likeness (QED) is 0.290. The molecule has 1 aliphatic carbocycles. The number of nitrogens with zero attached hydrogens (tertiary/aromatic N) is 5. The highest BCUT2D eigenvalue weighted by atomic mass is 16.4. The molecule has 3 aliphatic rings. The molecule has 1 aromatic carbocycles. The number of carboxylic acids is 1. The molecule has 226 valence electrons. The van der Waals surface area contributed by atoms with Gasteiger partial charge in [0.15, 0.2) is 0 Å². The summed E-state index contributed by atoms with van der Waals surface area (Å²) in [4.78, 5) is 35.2. The van der Waals surface area contributed by atoms with Gasteiger partial charge >= 0.3 is 5.97 Å². The van der Waals surface area contributed by atoms with Crippen molar-refractivity contribution in [2.45, 2.75) is 109 Å². The van der Waals surface area contributed by atoms with Gasteiger partial charge in [-0.3, -0.25) is 14.6 Å². The smallest absolute Gasteiger partial charge is 0.320 e. The number of piperidine rings is 1. The minimum absolute atomic E-state index is 0.112. The molecule has 9 nitrogen and oxygen atoms in total. The molecule has 0 bridgehead atoms. The van der Waals surface area contributed by atoms with E-state index in [4.69, 9.17) is 0 Å². The van der Waals surface area contributed by atoms with E-state index in [1.165, 1.54) is 43.2 Å². The summed E-state index contributed by atoms with van der Waals surface area (Å²) in [6.07, 6.45) is 18.1. The van der Waals surface area contributed by atoms with Gasteiger partial charge in [0, 0.05) is 50.0 Å². The Kier molecular flexibility index (Phi) is 9.07. The van der Waals surface area contributed by atoms with E-state index in [0.717, 1.165) is 63.0 Å². The van der Waals surface area contributed by atoms with Gasteiger partial charge in [0.25, 0.3) is 0 Å². The van der Waals surface area contributed by atoms with Gasteiger partial charge in [-0.15, -0.1) is 0 Å². The van der Waals surface area contributed by atoms with Gasteiger partial charge in [-0.25, -0.2) is 9.97 Å². The minimum atomic E-state index is -0.664. The van der Waals surface area contributed by atoms with Crippen LogP contribution in [-0.4, -0.2) is 76.9 Å². The van der Waals surface area contributed by atoms with E-state index in [0.29, 0.717) is 25.7 Å². The molecular weight excluding hydrogens is 526 g/mol. The Balaban J connectivity index is 1.12. The molecule has 6 rings (SSSR count). The zero-order chi connectivity index (χ0) is 28.9. The third-order valence-electron chi connectivity index (χ3n) is 10.3. The van der Waals surface area contributed by atoms with Crippen LogP contribution in [0.2, 0.25) is 0 Å². The number of H-pyrrole nitrogens is 2. The number of carbonyl (C=O) groups is 1. The van der Waals surface area contributed by atoms with Crippen molar-refractivity contribution in [1.29, 1.82) is 0 Å². The number of hydrogen-bond acceptors (Lipinski definition) is 6. The van der Waals surface area contributed by atoms with Crippen LogP contribution in [-0.2, 0) is 31.0 Å². The predicted octanol–water partition coefficient (Wildman–Crippen LogP) is 5.19. The fourth-order valence-electron chi connectivity index (χ4n) is 8.22. The first-order valence-electron chi connectivity index (χ1n) is 16.0. The number of likely N-dealkylation sites (tertiary alicyclic amines) is 2. The van der Waals surface area contributed by atoms with Crippen LogP contribution in [0, 0.1) is 5.41 Å². The Hall–Kier alpha value is -3.01. The number of hydrogen-bond donors (Lipinski definition) is 3. The van der Waals surface area contributed by atoms with E-state index in [2.05, 4.69) is 65.8 Å². The number of imidazole rings is 2. The Bertz CT molecular complexity index is 1210. The lowest BCUT2D eigenvalue weighted by molar-refractivity contribution is -0.142. The van der Waals surface area contributed by atoms with Crippen molar-refractivity contribution in [3.63, 3.8) is 0 Å². The summed E-state index contributed by atoms with van der Waals surface area (Å²) in [7, 11) is 0. The second-order valence-electron chi connectivity index (χ2n) is 12.9. The molecule has 1 saturated carbocycles. The van der Waals surface area contributed by atoms with Crippen LogP contribution in [0.4, 0.5) is 0 Å². The Morgan fingerprint density at radius 2 is 1.57 bits per heavy atom. The van der Waals surface area contributed by atoms with Crippen molar-refractivity contribution in [3.05, 3.63) is 71.8 Å². The lowest BCUT2D eigenvalue weighted by Crippen LogP contribution is -2.50. The van der Waals surface area contributed by atoms with Crippen LogP contribution < -0.4 is 0 Å². The highest BCUT2D eigenvalue weighted by Crippen LogP contribution is 2.50. The lowest BCUT2D eigenvalue weighted by Gasteiger charge is -2.47. The normalized spacial score (nSPS) is 23.7. The molecule has 3 aromatic rings. The zero-order valence-corrected chi connectivity index (χ0v) is 25.0. The van der Waals surface area contributed by atoms with Crippen molar-refractivity contribution in [1.82, 2.24) is 34.6 Å². The largest absolute Gasteiger partial charge is 0.480 e. The summed E-state index contributed by atoms with van der Waals surface area (Å²) in [5, 5.41) is 10.3. The molecule has 0 radical (unpaired) electrons. The van der Waals surface area contributed by atoms with E-state index in [-0.39, 0.29) is 5.41 Å². The lowest BCUT2D eigenvalue weighted by atomic mass is 9.70. The topological polar surface area (TPSA) is 104 Å². The predicted molar refractivity (Wildman–Crippen MR) is 162 cm³/mol. The minimum Gasteiger partial charge on any atom is -0.480 e. The number of benzene rings is 1. The summed E-state index contributed by atoms with van der Waals surface area (Å²) in [5.41, 5.74) is 2.51. The van der Waals surface area contributed by atoms with Gasteiger partial charge in [-0.05, 0) is 68.2 Å². The molecule has 2 atom stereocenters. The van der Waals surface area contributed by atoms with Crippen LogP contribution in [0.1, 0.15) is 87.5 Å². The van der Waals surface area contributed by atoms with Crippen molar-refractivity contribution in [2.24, 2.45) is 5.41 Å². The van der Waals surface area contributed by atoms with Gasteiger partial charge < -0.3 is 20.0 Å². The first-order chi connectivity index (χ1) is 20.5. The molecule has 1 unspecified atom stereocenters. The second-order valence-corrected chi connectivity index (χ2v) is 12.9. The molecule has 3 fully saturated rings. The average Bonchev–Trinajstić information content (AvgIpc) is 3.77. The monoisotopic (exact) mass is 573 g/mol. The Morgan fingerprint density at radius 3 is 2.12 bits per heavy atom. The van der Waals surface area contributed by atoms with Gasteiger partial charge in [-0.2, -0.15) is 0 Å². The fourth-order valence-corrected chi connectivity index (χ4v) is 8.22. The molecule has 1 spiro atoms. The third kappa shape index (κ3) is 6.48. The fraction of sp³-hybridized carbons (Fsp3) is 0.606. The molecular formula is C33H47N7O2. The maximum absolute atomic E-state index is 12.6. The number of rotatable bonds is 11. The molecule has 42 heavy (non-hydrogen) atoms. The molecule has 2 aliphatic heterocycles. The van der Waals surface area contributed by atoms with Crippen molar-refractivity contribution < 1.29 is 9.90 Å². The van der Waals surface area contributed by atoms with E-state index < -0.39 is 12.0 Å². The molecule has 2 aromatic heterocycles. The second kappa shape index (κ2) is 13.1. The summed E-state index contributed by atoms with van der Waals surface area (Å²) < 4.78 is 0. The van der Waals surface area contributed by atoms with E-state index in [9.17, 15) is 9.90 Å². The number of aliphatic carboxylic acids is 1. The first kappa shape index (κ1) is 29.1. The Labute approximate surface area is 249 Å². The van der Waals surface area contributed by atoms with Crippen LogP contribution in [0.15, 0.2) is 49.1 Å². The number of aromatic nitrogens is 4. The summed E-state index contributed by atoms with van der Waals surface area (Å²) >= 11 is 0. The molecule has 9 heteroatoms. The van der Waals surface area contributed by atoms with Crippen molar-refractivity contribution in [3.8, 4) is 0 Å². The van der Waals surface area contributed by atoms with Crippen molar-refractivity contribution in [2.75, 3.05) is 13.1 Å². The highest BCUT2D eigenvalue weighted by Gasteiger charge is 2.54. The third-order valence-corrected chi connectivity index (χ3v) is 10.3. The van der Waals surface area contributed by atoms with Gasteiger partial charge in [0.05, 0.1) is 13.1 Å². The SMILES string of the molecule is CCC1N(Cc2ccc(CN(Cc3ncc[nH]3)Cc3ncc[nH]3)cc2)[C@@H](C(=O)O)CC12CCN(C1CCCCC1)CC2. The summed E-state index contributed by atoms with van der Waals surface area (Å²) in [6.45, 7) is 7.36. The molecule has 2 saturated heterocycles. The van der Waals surface area contributed by atoms with E-state index >= 15 is 0 Å². The van der Waals surface area contributed by atoms with Gasteiger partial charge in [0.1, 0.15) is 17.7 Å². The van der Waals surface area contributed by atoms with E-state index in [1.54, 1.807) is 12.4 Å². The van der Waals surface area contributed by atoms with Crippen LogP contribution in [0.5, 0.6) is 0 Å².